The van der Waals surface area contributed by atoms with Crippen molar-refractivity contribution in [3.05, 3.63) is 12.4 Å². The van der Waals surface area contributed by atoms with Gasteiger partial charge in [-0.25, -0.2) is 9.97 Å². The van der Waals surface area contributed by atoms with E-state index in [-0.39, 0.29) is 0 Å². The summed E-state index contributed by atoms with van der Waals surface area (Å²) in [5.41, 5.74) is 0. The van der Waals surface area contributed by atoms with E-state index in [9.17, 15) is 0 Å². The number of hydrogen-bond acceptors (Lipinski definition) is 6. The lowest BCUT2D eigenvalue weighted by Gasteiger charge is -2.27. The van der Waals surface area contributed by atoms with Crippen molar-refractivity contribution in [1.29, 1.82) is 0 Å². The fourth-order valence-corrected chi connectivity index (χ4v) is 2.28. The Bertz CT molecular complexity index is 462. The Morgan fingerprint density at radius 3 is 3.00 bits per heavy atom. The number of aromatic nitrogens is 3. The molecule has 0 spiro atoms. The first-order valence-electron chi connectivity index (χ1n) is 4.96. The monoisotopic (exact) mass is 221 g/mol. The van der Waals surface area contributed by atoms with Crippen molar-refractivity contribution in [2.75, 3.05) is 31.1 Å². The molecule has 1 saturated heterocycles. The van der Waals surface area contributed by atoms with Gasteiger partial charge in [-0.15, -0.1) is 0 Å². The third-order valence-corrected chi connectivity index (χ3v) is 3.21. The van der Waals surface area contributed by atoms with E-state index >= 15 is 0 Å². The van der Waals surface area contributed by atoms with Gasteiger partial charge in [-0.3, -0.25) is 0 Å². The van der Waals surface area contributed by atoms with Crippen molar-refractivity contribution < 1.29 is 0 Å². The summed E-state index contributed by atoms with van der Waals surface area (Å²) in [6.45, 7) is 3.96. The van der Waals surface area contributed by atoms with E-state index in [2.05, 4.69) is 24.6 Å². The summed E-state index contributed by atoms with van der Waals surface area (Å²) >= 11 is 1.42. The van der Waals surface area contributed by atoms with Crippen LogP contribution in [0.4, 0.5) is 5.95 Å². The van der Waals surface area contributed by atoms with Crippen molar-refractivity contribution in [2.24, 2.45) is 0 Å². The summed E-state index contributed by atoms with van der Waals surface area (Å²) in [6, 6.07) is 0. The van der Waals surface area contributed by atoms with Gasteiger partial charge in [0.15, 0.2) is 0 Å². The molecule has 15 heavy (non-hydrogen) atoms. The van der Waals surface area contributed by atoms with E-state index in [1.54, 1.807) is 0 Å². The Hall–Kier alpha value is -1.27. The second-order valence-electron chi connectivity index (χ2n) is 3.49. The number of piperazine rings is 1. The van der Waals surface area contributed by atoms with Crippen molar-refractivity contribution in [3.8, 4) is 0 Å². The topological polar surface area (TPSA) is 53.9 Å². The van der Waals surface area contributed by atoms with Crippen LogP contribution in [0.2, 0.25) is 0 Å². The molecule has 0 bridgehead atoms. The fourth-order valence-electron chi connectivity index (χ4n) is 1.68. The van der Waals surface area contributed by atoms with Gasteiger partial charge < -0.3 is 10.2 Å². The molecular weight excluding hydrogens is 210 g/mol. The molecule has 3 heterocycles. The largest absolute Gasteiger partial charge is 0.338 e. The predicted octanol–water partition coefficient (Wildman–Crippen LogP) is 0.496. The number of nitrogens with zero attached hydrogens (tertiary/aromatic N) is 4. The molecule has 0 radical (unpaired) electrons. The zero-order valence-corrected chi connectivity index (χ0v) is 9.00. The van der Waals surface area contributed by atoms with Crippen molar-refractivity contribution in [1.82, 2.24) is 19.7 Å². The van der Waals surface area contributed by atoms with Gasteiger partial charge in [-0.05, 0) is 11.5 Å². The molecular formula is C9H11N5S. The van der Waals surface area contributed by atoms with Gasteiger partial charge in [-0.1, -0.05) is 0 Å². The van der Waals surface area contributed by atoms with Gasteiger partial charge in [0.05, 0.1) is 6.20 Å². The van der Waals surface area contributed by atoms with Gasteiger partial charge in [-0.2, -0.15) is 4.37 Å². The number of hydrogen-bond donors (Lipinski definition) is 1. The Balaban J connectivity index is 1.95. The standard InChI is InChI=1S/C9H11N5S/c1-3-14(4-2-10-1)9-11-5-7-6-12-15-8(7)13-9/h5-6,10H,1-4H2. The Kier molecular flexibility index (Phi) is 2.22. The average molecular weight is 221 g/mol. The van der Waals surface area contributed by atoms with Crippen LogP contribution in [0.3, 0.4) is 0 Å². The molecule has 2 aromatic rings. The predicted molar refractivity (Wildman–Crippen MR) is 60.3 cm³/mol. The van der Waals surface area contributed by atoms with E-state index < -0.39 is 0 Å². The minimum absolute atomic E-state index is 0.827. The highest BCUT2D eigenvalue weighted by atomic mass is 32.1. The highest BCUT2D eigenvalue weighted by Crippen LogP contribution is 2.17. The van der Waals surface area contributed by atoms with Gasteiger partial charge in [0.2, 0.25) is 5.95 Å². The smallest absolute Gasteiger partial charge is 0.226 e. The Morgan fingerprint density at radius 1 is 1.27 bits per heavy atom. The number of rotatable bonds is 1. The molecule has 3 rings (SSSR count). The molecule has 78 valence electrons. The average Bonchev–Trinajstić information content (AvgIpc) is 2.77. The summed E-state index contributed by atoms with van der Waals surface area (Å²) in [6.07, 6.45) is 3.66. The maximum atomic E-state index is 4.50. The zero-order valence-electron chi connectivity index (χ0n) is 8.18. The van der Waals surface area contributed by atoms with Crippen LogP contribution >= 0.6 is 11.5 Å². The Morgan fingerprint density at radius 2 is 2.13 bits per heavy atom. The van der Waals surface area contributed by atoms with Crippen LogP contribution in [0, 0.1) is 0 Å². The molecule has 0 aromatic carbocycles. The molecule has 5 nitrogen and oxygen atoms in total. The van der Waals surface area contributed by atoms with E-state index in [1.807, 2.05) is 12.4 Å². The van der Waals surface area contributed by atoms with Crippen molar-refractivity contribution >= 4 is 27.7 Å². The number of fused-ring (bicyclic) bond motifs is 1. The maximum absolute atomic E-state index is 4.50. The molecule has 0 aliphatic carbocycles. The van der Waals surface area contributed by atoms with Gasteiger partial charge in [0.1, 0.15) is 4.83 Å². The van der Waals surface area contributed by atoms with E-state index in [1.165, 1.54) is 11.5 Å². The van der Waals surface area contributed by atoms with Crippen LogP contribution in [-0.4, -0.2) is 40.5 Å². The lowest BCUT2D eigenvalue weighted by molar-refractivity contribution is 0.580. The highest BCUT2D eigenvalue weighted by Gasteiger charge is 2.13. The second kappa shape index (κ2) is 3.71. The third-order valence-electron chi connectivity index (χ3n) is 2.50. The fraction of sp³-hybridized carbons (Fsp3) is 0.444. The van der Waals surface area contributed by atoms with Crippen LogP contribution in [0.25, 0.3) is 10.2 Å². The van der Waals surface area contributed by atoms with Crippen LogP contribution in [0.5, 0.6) is 0 Å². The molecule has 1 N–H and O–H groups in total. The number of nitrogens with one attached hydrogen (secondary N) is 1. The van der Waals surface area contributed by atoms with Crippen molar-refractivity contribution in [3.63, 3.8) is 0 Å². The van der Waals surface area contributed by atoms with E-state index in [0.717, 1.165) is 42.3 Å². The van der Waals surface area contributed by atoms with Crippen LogP contribution in [0.1, 0.15) is 0 Å². The van der Waals surface area contributed by atoms with E-state index in [4.69, 9.17) is 0 Å². The SMILES string of the molecule is c1nsc2nc(N3CCNCC3)ncc12. The molecule has 1 aliphatic rings. The third kappa shape index (κ3) is 1.66. The first-order chi connectivity index (χ1) is 7.43. The normalized spacial score (nSPS) is 17.2. The second-order valence-corrected chi connectivity index (χ2v) is 4.27. The minimum atomic E-state index is 0.827. The molecule has 2 aromatic heterocycles. The van der Waals surface area contributed by atoms with E-state index in [0.29, 0.717) is 0 Å². The molecule has 1 aliphatic heterocycles. The van der Waals surface area contributed by atoms with Crippen LogP contribution < -0.4 is 10.2 Å². The first-order valence-corrected chi connectivity index (χ1v) is 5.74. The highest BCUT2D eigenvalue weighted by molar-refractivity contribution is 7.12. The maximum Gasteiger partial charge on any atom is 0.226 e. The van der Waals surface area contributed by atoms with Gasteiger partial charge >= 0.3 is 0 Å². The summed E-state index contributed by atoms with van der Waals surface area (Å²) in [5, 5.41) is 4.34. The van der Waals surface area contributed by atoms with Gasteiger partial charge in [0, 0.05) is 37.8 Å². The molecule has 0 saturated carbocycles. The summed E-state index contributed by atoms with van der Waals surface area (Å²) in [5.74, 6) is 0.827. The molecule has 1 fully saturated rings. The summed E-state index contributed by atoms with van der Waals surface area (Å²) in [4.78, 5) is 12.0. The van der Waals surface area contributed by atoms with Crippen LogP contribution in [0.15, 0.2) is 12.4 Å². The van der Waals surface area contributed by atoms with Gasteiger partial charge in [0.25, 0.3) is 0 Å². The summed E-state index contributed by atoms with van der Waals surface area (Å²) in [7, 11) is 0. The minimum Gasteiger partial charge on any atom is -0.338 e. The molecule has 0 amide bonds. The molecule has 6 heteroatoms. The van der Waals surface area contributed by atoms with Crippen LogP contribution in [-0.2, 0) is 0 Å². The molecule has 0 atom stereocenters. The Labute approximate surface area is 91.3 Å². The quantitative estimate of drug-likeness (QED) is 0.760. The lowest BCUT2D eigenvalue weighted by Crippen LogP contribution is -2.44. The molecule has 0 unspecified atom stereocenters. The lowest BCUT2D eigenvalue weighted by atomic mass is 10.4. The zero-order chi connectivity index (χ0) is 10.1. The number of anilines is 1. The van der Waals surface area contributed by atoms with Crippen molar-refractivity contribution in [2.45, 2.75) is 0 Å². The first kappa shape index (κ1) is 8.99. The summed E-state index contributed by atoms with van der Waals surface area (Å²) < 4.78 is 4.10.